The number of nitrogens with zero attached hydrogens (tertiary/aromatic N) is 3. The average molecular weight is 406 g/mol. The number of hydrogen-bond donors (Lipinski definition) is 0. The highest BCUT2D eigenvalue weighted by atomic mass is 32.2. The highest BCUT2D eigenvalue weighted by molar-refractivity contribution is 8.00. The molecule has 1 aromatic heterocycles. The molecular formula is C20H27N3O4S. The summed E-state index contributed by atoms with van der Waals surface area (Å²) in [5.74, 6) is 1.96. The van der Waals surface area contributed by atoms with Gasteiger partial charge >= 0.3 is 0 Å². The molecule has 1 aromatic carbocycles. The quantitative estimate of drug-likeness (QED) is 0.647. The number of benzene rings is 1. The zero-order valence-electron chi connectivity index (χ0n) is 16.8. The summed E-state index contributed by atoms with van der Waals surface area (Å²) < 4.78 is 16.4. The number of piperidine rings is 1. The molecule has 1 unspecified atom stereocenters. The molecule has 1 aliphatic rings. The van der Waals surface area contributed by atoms with Crippen LogP contribution in [0.3, 0.4) is 0 Å². The maximum atomic E-state index is 13.0. The van der Waals surface area contributed by atoms with Gasteiger partial charge in [0.05, 0.1) is 19.5 Å². The summed E-state index contributed by atoms with van der Waals surface area (Å²) in [7, 11) is 3.18. The molecule has 3 rings (SSSR count). The molecule has 0 N–H and O–H groups in total. The smallest absolute Gasteiger partial charge is 0.277 e. The molecule has 152 valence electrons. The zero-order valence-corrected chi connectivity index (χ0v) is 17.6. The second-order valence-corrected chi connectivity index (χ2v) is 8.24. The van der Waals surface area contributed by atoms with Crippen LogP contribution >= 0.6 is 11.8 Å². The number of carbonyl (C=O) groups excluding carboxylic acids is 1. The van der Waals surface area contributed by atoms with Gasteiger partial charge in [-0.2, -0.15) is 0 Å². The van der Waals surface area contributed by atoms with Gasteiger partial charge < -0.3 is 18.8 Å². The molecule has 0 bridgehead atoms. The summed E-state index contributed by atoms with van der Waals surface area (Å²) in [6.07, 6.45) is 3.34. The molecule has 8 heteroatoms. The van der Waals surface area contributed by atoms with E-state index in [1.54, 1.807) is 20.3 Å². The number of amides is 1. The Hall–Kier alpha value is -2.22. The fourth-order valence-electron chi connectivity index (χ4n) is 3.18. The Morgan fingerprint density at radius 2 is 1.71 bits per heavy atom. The average Bonchev–Trinajstić information content (AvgIpc) is 3.20. The van der Waals surface area contributed by atoms with Crippen LogP contribution in [0.4, 0.5) is 0 Å². The van der Waals surface area contributed by atoms with E-state index in [9.17, 15) is 4.79 Å². The van der Waals surface area contributed by atoms with Gasteiger partial charge in [0.1, 0.15) is 11.5 Å². The van der Waals surface area contributed by atoms with Crippen LogP contribution in [0.15, 0.2) is 27.8 Å². The van der Waals surface area contributed by atoms with Gasteiger partial charge in [-0.25, -0.2) is 0 Å². The van der Waals surface area contributed by atoms with E-state index in [-0.39, 0.29) is 17.1 Å². The van der Waals surface area contributed by atoms with Gasteiger partial charge in [0.15, 0.2) is 0 Å². The summed E-state index contributed by atoms with van der Waals surface area (Å²) >= 11 is 1.34. The first-order chi connectivity index (χ1) is 13.5. The summed E-state index contributed by atoms with van der Waals surface area (Å²) in [6, 6.07) is 5.40. The van der Waals surface area contributed by atoms with Gasteiger partial charge in [-0.05, 0) is 37.3 Å². The van der Waals surface area contributed by atoms with Crippen LogP contribution in [0.25, 0.3) is 11.5 Å². The SMILES string of the molecule is COc1cc(OC)cc(-c2nnc(SC(C(=O)N3CCCCC3)C(C)C)o2)c1. The van der Waals surface area contributed by atoms with Crippen LogP contribution in [-0.2, 0) is 4.79 Å². The number of methoxy groups -OCH3 is 2. The van der Waals surface area contributed by atoms with Crippen molar-refractivity contribution in [2.45, 2.75) is 43.6 Å². The van der Waals surface area contributed by atoms with E-state index in [4.69, 9.17) is 13.9 Å². The Labute approximate surface area is 169 Å². The lowest BCUT2D eigenvalue weighted by molar-refractivity contribution is -0.132. The third kappa shape index (κ3) is 4.79. The normalized spacial score (nSPS) is 15.5. The van der Waals surface area contributed by atoms with Gasteiger partial charge in [-0.15, -0.1) is 10.2 Å². The van der Waals surface area contributed by atoms with E-state index in [0.29, 0.717) is 28.2 Å². The molecular weight excluding hydrogens is 378 g/mol. The predicted molar refractivity (Wildman–Crippen MR) is 108 cm³/mol. The van der Waals surface area contributed by atoms with E-state index in [1.807, 2.05) is 30.9 Å². The predicted octanol–water partition coefficient (Wildman–Crippen LogP) is 3.88. The molecule has 2 aromatic rings. The molecule has 28 heavy (non-hydrogen) atoms. The number of aromatic nitrogens is 2. The lowest BCUT2D eigenvalue weighted by Gasteiger charge is -2.31. The van der Waals surface area contributed by atoms with Crippen molar-refractivity contribution in [3.05, 3.63) is 18.2 Å². The Bertz CT molecular complexity index is 780. The second kappa shape index (κ2) is 9.32. The second-order valence-electron chi connectivity index (χ2n) is 7.14. The Morgan fingerprint density at radius 3 is 2.29 bits per heavy atom. The molecule has 1 atom stereocenters. The van der Waals surface area contributed by atoms with Crippen molar-refractivity contribution in [3.63, 3.8) is 0 Å². The number of ether oxygens (including phenoxy) is 2. The zero-order chi connectivity index (χ0) is 20.1. The summed E-state index contributed by atoms with van der Waals surface area (Å²) in [6.45, 7) is 5.76. The van der Waals surface area contributed by atoms with E-state index < -0.39 is 0 Å². The minimum Gasteiger partial charge on any atom is -0.497 e. The summed E-state index contributed by atoms with van der Waals surface area (Å²) in [5, 5.41) is 8.44. The van der Waals surface area contributed by atoms with Crippen LogP contribution in [0.2, 0.25) is 0 Å². The fourth-order valence-corrected chi connectivity index (χ4v) is 4.13. The minimum absolute atomic E-state index is 0.155. The van der Waals surface area contributed by atoms with Crippen LogP contribution in [0.5, 0.6) is 11.5 Å². The van der Waals surface area contributed by atoms with E-state index in [1.165, 1.54) is 18.2 Å². The number of hydrogen-bond acceptors (Lipinski definition) is 7. The third-order valence-electron chi connectivity index (χ3n) is 4.75. The van der Waals surface area contributed by atoms with Crippen molar-refractivity contribution in [2.24, 2.45) is 5.92 Å². The molecule has 0 spiro atoms. The number of likely N-dealkylation sites (tertiary alicyclic amines) is 1. The van der Waals surface area contributed by atoms with E-state index in [0.717, 1.165) is 25.9 Å². The first-order valence-electron chi connectivity index (χ1n) is 9.54. The van der Waals surface area contributed by atoms with Crippen molar-refractivity contribution in [1.29, 1.82) is 0 Å². The van der Waals surface area contributed by atoms with Gasteiger partial charge in [0.25, 0.3) is 5.22 Å². The third-order valence-corrected chi connectivity index (χ3v) is 6.12. The molecule has 1 aliphatic heterocycles. The van der Waals surface area contributed by atoms with E-state index >= 15 is 0 Å². The first-order valence-corrected chi connectivity index (χ1v) is 10.4. The van der Waals surface area contributed by atoms with Crippen LogP contribution in [-0.4, -0.2) is 53.6 Å². The molecule has 7 nitrogen and oxygen atoms in total. The Kier molecular flexibility index (Phi) is 6.83. The van der Waals surface area contributed by atoms with Crippen molar-refractivity contribution in [2.75, 3.05) is 27.3 Å². The fraction of sp³-hybridized carbons (Fsp3) is 0.550. The Balaban J connectivity index is 1.77. The topological polar surface area (TPSA) is 77.7 Å². The molecule has 0 aliphatic carbocycles. The van der Waals surface area contributed by atoms with Crippen molar-refractivity contribution in [1.82, 2.24) is 15.1 Å². The van der Waals surface area contributed by atoms with Crippen molar-refractivity contribution in [3.8, 4) is 23.0 Å². The van der Waals surface area contributed by atoms with Gasteiger partial charge in [-0.1, -0.05) is 25.6 Å². The Morgan fingerprint density at radius 1 is 1.07 bits per heavy atom. The standard InChI is InChI=1S/C20H27N3O4S/c1-13(2)17(19(24)23-8-6-5-7-9-23)28-20-22-21-18(27-20)14-10-15(25-3)12-16(11-14)26-4/h10-13,17H,5-9H2,1-4H3. The van der Waals surface area contributed by atoms with Crippen molar-refractivity contribution < 1.29 is 18.7 Å². The monoisotopic (exact) mass is 405 g/mol. The van der Waals surface area contributed by atoms with Crippen LogP contribution < -0.4 is 9.47 Å². The molecule has 1 saturated heterocycles. The van der Waals surface area contributed by atoms with Gasteiger partial charge in [0.2, 0.25) is 11.8 Å². The van der Waals surface area contributed by atoms with Crippen LogP contribution in [0, 0.1) is 5.92 Å². The van der Waals surface area contributed by atoms with E-state index in [2.05, 4.69) is 10.2 Å². The molecule has 0 saturated carbocycles. The van der Waals surface area contributed by atoms with Gasteiger partial charge in [0, 0.05) is 24.7 Å². The molecule has 0 radical (unpaired) electrons. The number of rotatable bonds is 7. The maximum absolute atomic E-state index is 13.0. The largest absolute Gasteiger partial charge is 0.497 e. The highest BCUT2D eigenvalue weighted by Crippen LogP contribution is 2.33. The minimum atomic E-state index is -0.244. The molecule has 2 heterocycles. The summed E-state index contributed by atoms with van der Waals surface area (Å²) in [4.78, 5) is 14.9. The number of carbonyl (C=O) groups is 1. The lowest BCUT2D eigenvalue weighted by atomic mass is 10.1. The van der Waals surface area contributed by atoms with Crippen LogP contribution in [0.1, 0.15) is 33.1 Å². The van der Waals surface area contributed by atoms with Gasteiger partial charge in [-0.3, -0.25) is 4.79 Å². The maximum Gasteiger partial charge on any atom is 0.277 e. The van der Waals surface area contributed by atoms with Crippen molar-refractivity contribution >= 4 is 17.7 Å². The first kappa shape index (κ1) is 20.5. The number of thioether (sulfide) groups is 1. The highest BCUT2D eigenvalue weighted by Gasteiger charge is 2.30. The lowest BCUT2D eigenvalue weighted by Crippen LogP contribution is -2.42. The molecule has 1 amide bonds. The summed E-state index contributed by atoms with van der Waals surface area (Å²) in [5.41, 5.74) is 0.707. The molecule has 1 fully saturated rings.